The predicted octanol–water partition coefficient (Wildman–Crippen LogP) is 5.00. The van der Waals surface area contributed by atoms with Crippen LogP contribution in [0.3, 0.4) is 0 Å². The fraction of sp³-hybridized carbons (Fsp3) is 0.333. The Morgan fingerprint density at radius 2 is 1.55 bits per heavy atom. The number of benzene rings is 2. The molecule has 0 spiro atoms. The Labute approximate surface area is 140 Å². The van der Waals surface area contributed by atoms with Gasteiger partial charge in [-0.3, -0.25) is 0 Å². The molecular formula is C18H21BrO3. The van der Waals surface area contributed by atoms with Gasteiger partial charge in [0, 0.05) is 4.47 Å². The van der Waals surface area contributed by atoms with Gasteiger partial charge in [0.15, 0.2) is 11.5 Å². The molecular weight excluding hydrogens is 344 g/mol. The molecule has 2 aromatic carbocycles. The first-order chi connectivity index (χ1) is 10.7. The van der Waals surface area contributed by atoms with Crippen molar-refractivity contribution in [2.75, 3.05) is 20.3 Å². The van der Waals surface area contributed by atoms with Crippen molar-refractivity contribution in [2.24, 2.45) is 0 Å². The lowest BCUT2D eigenvalue weighted by Crippen LogP contribution is -2.03. The molecule has 0 saturated heterocycles. The molecule has 4 heteroatoms. The van der Waals surface area contributed by atoms with Gasteiger partial charge in [-0.1, -0.05) is 22.0 Å². The number of unbranched alkanes of at least 4 members (excludes halogenated alkanes) is 1. The van der Waals surface area contributed by atoms with Crippen LogP contribution in [0, 0.1) is 6.92 Å². The monoisotopic (exact) mass is 364 g/mol. The molecule has 2 aromatic rings. The van der Waals surface area contributed by atoms with E-state index >= 15 is 0 Å². The molecule has 0 amide bonds. The van der Waals surface area contributed by atoms with Crippen LogP contribution in [0.15, 0.2) is 46.9 Å². The van der Waals surface area contributed by atoms with Crippen LogP contribution in [-0.4, -0.2) is 20.3 Å². The number of ether oxygens (including phenoxy) is 3. The maximum Gasteiger partial charge on any atom is 0.161 e. The third kappa shape index (κ3) is 5.26. The van der Waals surface area contributed by atoms with Crippen LogP contribution < -0.4 is 14.2 Å². The normalized spacial score (nSPS) is 10.3. The van der Waals surface area contributed by atoms with Gasteiger partial charge in [-0.25, -0.2) is 0 Å². The van der Waals surface area contributed by atoms with E-state index in [2.05, 4.69) is 15.9 Å². The van der Waals surface area contributed by atoms with Crippen molar-refractivity contribution in [1.82, 2.24) is 0 Å². The highest BCUT2D eigenvalue weighted by atomic mass is 79.9. The minimum Gasteiger partial charge on any atom is -0.494 e. The standard InChI is InChI=1S/C18H21BrO3/c1-14-5-10-17(18(13-14)20-2)22-12-4-3-11-21-16-8-6-15(19)7-9-16/h5-10,13H,3-4,11-12H2,1-2H3. The highest BCUT2D eigenvalue weighted by Crippen LogP contribution is 2.27. The Morgan fingerprint density at radius 1 is 0.864 bits per heavy atom. The van der Waals surface area contributed by atoms with Crippen molar-refractivity contribution in [3.05, 3.63) is 52.5 Å². The number of rotatable bonds is 8. The highest BCUT2D eigenvalue weighted by molar-refractivity contribution is 9.10. The highest BCUT2D eigenvalue weighted by Gasteiger charge is 2.04. The topological polar surface area (TPSA) is 27.7 Å². The molecule has 22 heavy (non-hydrogen) atoms. The fourth-order valence-electron chi connectivity index (χ4n) is 2.00. The number of methoxy groups -OCH3 is 1. The van der Waals surface area contributed by atoms with Crippen LogP contribution in [0.4, 0.5) is 0 Å². The Hall–Kier alpha value is -1.68. The summed E-state index contributed by atoms with van der Waals surface area (Å²) >= 11 is 3.40. The zero-order chi connectivity index (χ0) is 15.8. The SMILES string of the molecule is COc1cc(C)ccc1OCCCCOc1ccc(Br)cc1. The average Bonchev–Trinajstić information content (AvgIpc) is 2.53. The molecule has 2 rings (SSSR count). The van der Waals surface area contributed by atoms with Crippen molar-refractivity contribution in [2.45, 2.75) is 19.8 Å². The minimum atomic E-state index is 0.656. The van der Waals surface area contributed by atoms with E-state index in [1.807, 2.05) is 49.4 Å². The van der Waals surface area contributed by atoms with Gasteiger partial charge in [0.2, 0.25) is 0 Å². The molecule has 0 N–H and O–H groups in total. The number of aryl methyl sites for hydroxylation is 1. The molecule has 0 fully saturated rings. The zero-order valence-electron chi connectivity index (χ0n) is 13.0. The lowest BCUT2D eigenvalue weighted by molar-refractivity contribution is 0.258. The molecule has 0 saturated carbocycles. The molecule has 0 aliphatic heterocycles. The van der Waals surface area contributed by atoms with Crippen LogP contribution in [-0.2, 0) is 0 Å². The van der Waals surface area contributed by atoms with Gasteiger partial charge in [-0.05, 0) is 61.7 Å². The summed E-state index contributed by atoms with van der Waals surface area (Å²) in [5, 5.41) is 0. The number of hydrogen-bond donors (Lipinski definition) is 0. The summed E-state index contributed by atoms with van der Waals surface area (Å²) in [7, 11) is 1.66. The van der Waals surface area contributed by atoms with Gasteiger partial charge in [-0.2, -0.15) is 0 Å². The molecule has 0 unspecified atom stereocenters. The Bertz CT molecular complexity index is 581. The molecule has 0 heterocycles. The molecule has 118 valence electrons. The largest absolute Gasteiger partial charge is 0.494 e. The summed E-state index contributed by atoms with van der Waals surface area (Å²) < 4.78 is 17.8. The van der Waals surface area contributed by atoms with E-state index in [9.17, 15) is 0 Å². The maximum absolute atomic E-state index is 5.76. The van der Waals surface area contributed by atoms with E-state index in [1.165, 1.54) is 0 Å². The first-order valence-electron chi connectivity index (χ1n) is 7.35. The zero-order valence-corrected chi connectivity index (χ0v) is 14.6. The summed E-state index contributed by atoms with van der Waals surface area (Å²) in [5.74, 6) is 2.47. The average molecular weight is 365 g/mol. The molecule has 0 bridgehead atoms. The second kappa shape index (κ2) is 8.69. The molecule has 3 nitrogen and oxygen atoms in total. The van der Waals surface area contributed by atoms with Crippen molar-refractivity contribution >= 4 is 15.9 Å². The van der Waals surface area contributed by atoms with E-state index in [0.717, 1.165) is 40.1 Å². The smallest absolute Gasteiger partial charge is 0.161 e. The summed E-state index contributed by atoms with van der Waals surface area (Å²) in [5.41, 5.74) is 1.16. The van der Waals surface area contributed by atoms with Gasteiger partial charge >= 0.3 is 0 Å². The van der Waals surface area contributed by atoms with Gasteiger partial charge in [0.1, 0.15) is 5.75 Å². The summed E-state index contributed by atoms with van der Waals surface area (Å²) in [6, 6.07) is 13.8. The maximum atomic E-state index is 5.76. The Kier molecular flexibility index (Phi) is 6.59. The van der Waals surface area contributed by atoms with E-state index < -0.39 is 0 Å². The van der Waals surface area contributed by atoms with Crippen molar-refractivity contribution in [3.8, 4) is 17.2 Å². The van der Waals surface area contributed by atoms with Gasteiger partial charge < -0.3 is 14.2 Å². The van der Waals surface area contributed by atoms with Crippen LogP contribution in [0.1, 0.15) is 18.4 Å². The van der Waals surface area contributed by atoms with E-state index in [4.69, 9.17) is 14.2 Å². The van der Waals surface area contributed by atoms with Crippen molar-refractivity contribution in [1.29, 1.82) is 0 Å². The fourth-order valence-corrected chi connectivity index (χ4v) is 2.27. The lowest BCUT2D eigenvalue weighted by Gasteiger charge is -2.11. The van der Waals surface area contributed by atoms with Crippen LogP contribution in [0.2, 0.25) is 0 Å². The lowest BCUT2D eigenvalue weighted by atomic mass is 10.2. The third-order valence-electron chi connectivity index (χ3n) is 3.20. The van der Waals surface area contributed by atoms with Gasteiger partial charge in [0.25, 0.3) is 0 Å². The summed E-state index contributed by atoms with van der Waals surface area (Å²) in [6.07, 6.45) is 1.89. The molecule has 0 aliphatic rings. The molecule has 0 atom stereocenters. The van der Waals surface area contributed by atoms with E-state index in [1.54, 1.807) is 7.11 Å². The summed E-state index contributed by atoms with van der Waals surface area (Å²) in [4.78, 5) is 0. The Morgan fingerprint density at radius 3 is 2.23 bits per heavy atom. The third-order valence-corrected chi connectivity index (χ3v) is 3.73. The van der Waals surface area contributed by atoms with Gasteiger partial charge in [0.05, 0.1) is 20.3 Å². The first-order valence-corrected chi connectivity index (χ1v) is 8.14. The first kappa shape index (κ1) is 16.7. The molecule has 0 aliphatic carbocycles. The van der Waals surface area contributed by atoms with Gasteiger partial charge in [-0.15, -0.1) is 0 Å². The predicted molar refractivity (Wildman–Crippen MR) is 92.1 cm³/mol. The minimum absolute atomic E-state index is 0.656. The van der Waals surface area contributed by atoms with Crippen molar-refractivity contribution in [3.63, 3.8) is 0 Å². The second-order valence-electron chi connectivity index (χ2n) is 5.01. The number of hydrogen-bond acceptors (Lipinski definition) is 3. The van der Waals surface area contributed by atoms with E-state index in [0.29, 0.717) is 13.2 Å². The summed E-state index contributed by atoms with van der Waals surface area (Å²) in [6.45, 7) is 3.38. The number of halogens is 1. The van der Waals surface area contributed by atoms with Crippen molar-refractivity contribution < 1.29 is 14.2 Å². The second-order valence-corrected chi connectivity index (χ2v) is 5.93. The van der Waals surface area contributed by atoms with Crippen LogP contribution >= 0.6 is 15.9 Å². The van der Waals surface area contributed by atoms with Crippen LogP contribution in [0.5, 0.6) is 17.2 Å². The quantitative estimate of drug-likeness (QED) is 0.616. The van der Waals surface area contributed by atoms with E-state index in [-0.39, 0.29) is 0 Å². The van der Waals surface area contributed by atoms with Crippen LogP contribution in [0.25, 0.3) is 0 Å². The Balaban J connectivity index is 1.66. The molecule has 0 radical (unpaired) electrons. The molecule has 0 aromatic heterocycles.